The zero-order valence-electron chi connectivity index (χ0n) is 7.99. The first kappa shape index (κ1) is 9.21. The molecule has 3 nitrogen and oxygen atoms in total. The number of methoxy groups -OCH3 is 1. The Morgan fingerprint density at radius 3 is 2.93 bits per heavy atom. The molecule has 0 aromatic heterocycles. The first-order valence-electron chi connectivity index (χ1n) is 4.57. The van der Waals surface area contributed by atoms with Crippen molar-refractivity contribution in [2.24, 2.45) is 0 Å². The second kappa shape index (κ2) is 3.10. The Bertz CT molecular complexity index is 373. The molecule has 1 aromatic rings. The highest BCUT2D eigenvalue weighted by Gasteiger charge is 2.44. The van der Waals surface area contributed by atoms with Crippen molar-refractivity contribution >= 4 is 5.97 Å². The predicted octanol–water partition coefficient (Wildman–Crippen LogP) is 0.993. The molecule has 0 bridgehead atoms. The van der Waals surface area contributed by atoms with Crippen LogP contribution < -0.4 is 0 Å². The van der Waals surface area contributed by atoms with Gasteiger partial charge in [0.25, 0.3) is 0 Å². The van der Waals surface area contributed by atoms with Crippen LogP contribution in [0.25, 0.3) is 0 Å². The van der Waals surface area contributed by atoms with Crippen LogP contribution in [-0.4, -0.2) is 18.2 Å². The zero-order chi connectivity index (χ0) is 10.2. The third-order valence-corrected chi connectivity index (χ3v) is 2.74. The van der Waals surface area contributed by atoms with E-state index in [-0.39, 0.29) is 0 Å². The largest absolute Gasteiger partial charge is 0.467 e. The number of carbonyl (C=O) groups excluding carboxylic acids is 1. The van der Waals surface area contributed by atoms with E-state index in [9.17, 15) is 9.90 Å². The summed E-state index contributed by atoms with van der Waals surface area (Å²) in [5.74, 6) is -0.567. The molecule has 0 fully saturated rings. The second-order valence-corrected chi connectivity index (χ2v) is 3.51. The van der Waals surface area contributed by atoms with Crippen LogP contribution in [0, 0.1) is 0 Å². The third kappa shape index (κ3) is 1.13. The van der Waals surface area contributed by atoms with E-state index in [0.717, 1.165) is 12.0 Å². The molecule has 0 saturated heterocycles. The number of ether oxygens (including phenoxy) is 1. The molecule has 0 amide bonds. The smallest absolute Gasteiger partial charge is 0.342 e. The minimum Gasteiger partial charge on any atom is -0.467 e. The quantitative estimate of drug-likeness (QED) is 0.675. The summed E-state index contributed by atoms with van der Waals surface area (Å²) in [4.78, 5) is 11.4. The first-order chi connectivity index (χ1) is 6.68. The number of carbonyl (C=O) groups is 1. The van der Waals surface area contributed by atoms with Gasteiger partial charge in [-0.15, -0.1) is 0 Å². The lowest BCUT2D eigenvalue weighted by Crippen LogP contribution is -2.34. The normalized spacial score (nSPS) is 24.4. The molecular formula is C11H12O3. The molecule has 0 radical (unpaired) electrons. The van der Waals surface area contributed by atoms with E-state index < -0.39 is 11.6 Å². The molecule has 1 aliphatic carbocycles. The summed E-state index contributed by atoms with van der Waals surface area (Å²) in [6, 6.07) is 7.43. The van der Waals surface area contributed by atoms with E-state index in [1.807, 2.05) is 18.2 Å². The molecule has 1 N–H and O–H groups in total. The molecule has 2 rings (SSSR count). The molecule has 0 saturated carbocycles. The van der Waals surface area contributed by atoms with E-state index in [0.29, 0.717) is 12.0 Å². The summed E-state index contributed by atoms with van der Waals surface area (Å²) >= 11 is 0. The predicted molar refractivity (Wildman–Crippen MR) is 50.7 cm³/mol. The SMILES string of the molecule is COC(=O)[C@@]1(O)CCc2ccccc21. The fraction of sp³-hybridized carbons (Fsp3) is 0.364. The van der Waals surface area contributed by atoms with Gasteiger partial charge in [0.15, 0.2) is 5.60 Å². The lowest BCUT2D eigenvalue weighted by atomic mass is 9.96. The van der Waals surface area contributed by atoms with Crippen LogP contribution in [0.4, 0.5) is 0 Å². The van der Waals surface area contributed by atoms with Gasteiger partial charge >= 0.3 is 5.97 Å². The zero-order valence-corrected chi connectivity index (χ0v) is 7.99. The third-order valence-electron chi connectivity index (χ3n) is 2.74. The van der Waals surface area contributed by atoms with Crippen molar-refractivity contribution in [2.75, 3.05) is 7.11 Å². The molecule has 74 valence electrons. The van der Waals surface area contributed by atoms with Gasteiger partial charge in [0.1, 0.15) is 0 Å². The van der Waals surface area contributed by atoms with Gasteiger partial charge < -0.3 is 9.84 Å². The van der Waals surface area contributed by atoms with Crippen LogP contribution in [0.5, 0.6) is 0 Å². The summed E-state index contributed by atoms with van der Waals surface area (Å²) in [6.45, 7) is 0. The molecule has 0 heterocycles. The van der Waals surface area contributed by atoms with Crippen molar-refractivity contribution in [2.45, 2.75) is 18.4 Å². The van der Waals surface area contributed by atoms with Crippen LogP contribution >= 0.6 is 0 Å². The summed E-state index contributed by atoms with van der Waals surface area (Å²) in [7, 11) is 1.29. The maximum absolute atomic E-state index is 11.4. The standard InChI is InChI=1S/C11H12O3/c1-14-10(12)11(13)7-6-8-4-2-3-5-9(8)11/h2-5,13H,6-7H2,1H3/t11-/m1/s1. The van der Waals surface area contributed by atoms with Crippen LogP contribution in [-0.2, 0) is 21.6 Å². The van der Waals surface area contributed by atoms with Crippen molar-refractivity contribution < 1.29 is 14.6 Å². The van der Waals surface area contributed by atoms with Gasteiger partial charge in [-0.3, -0.25) is 0 Å². The van der Waals surface area contributed by atoms with Crippen molar-refractivity contribution in [3.8, 4) is 0 Å². The minimum absolute atomic E-state index is 0.416. The van der Waals surface area contributed by atoms with Gasteiger partial charge in [-0.25, -0.2) is 4.79 Å². The van der Waals surface area contributed by atoms with Crippen molar-refractivity contribution in [3.63, 3.8) is 0 Å². The highest BCUT2D eigenvalue weighted by molar-refractivity contribution is 5.82. The Morgan fingerprint density at radius 1 is 1.50 bits per heavy atom. The van der Waals surface area contributed by atoms with Crippen molar-refractivity contribution in [1.82, 2.24) is 0 Å². The summed E-state index contributed by atoms with van der Waals surface area (Å²) < 4.78 is 4.61. The Kier molecular flexibility index (Phi) is 2.04. The maximum atomic E-state index is 11.4. The van der Waals surface area contributed by atoms with Crippen LogP contribution in [0.15, 0.2) is 24.3 Å². The molecule has 3 heteroatoms. The number of esters is 1. The van der Waals surface area contributed by atoms with E-state index >= 15 is 0 Å². The van der Waals surface area contributed by atoms with E-state index in [1.54, 1.807) is 6.07 Å². The fourth-order valence-corrected chi connectivity index (χ4v) is 1.97. The summed E-state index contributed by atoms with van der Waals surface area (Å²) in [5.41, 5.74) is 0.290. The van der Waals surface area contributed by atoms with Gasteiger partial charge in [-0.1, -0.05) is 24.3 Å². The Labute approximate surface area is 82.3 Å². The summed E-state index contributed by atoms with van der Waals surface area (Å²) in [6.07, 6.45) is 1.14. The summed E-state index contributed by atoms with van der Waals surface area (Å²) in [5, 5.41) is 10.1. The molecule has 0 aliphatic heterocycles. The van der Waals surface area contributed by atoms with Crippen LogP contribution in [0.3, 0.4) is 0 Å². The Balaban J connectivity index is 2.47. The Hall–Kier alpha value is -1.35. The minimum atomic E-state index is -1.43. The van der Waals surface area contributed by atoms with Crippen LogP contribution in [0.1, 0.15) is 17.5 Å². The molecule has 1 aromatic carbocycles. The highest BCUT2D eigenvalue weighted by Crippen LogP contribution is 2.37. The highest BCUT2D eigenvalue weighted by atomic mass is 16.5. The lowest BCUT2D eigenvalue weighted by Gasteiger charge is -2.20. The van der Waals surface area contributed by atoms with Gasteiger partial charge in [0.05, 0.1) is 7.11 Å². The monoisotopic (exact) mass is 192 g/mol. The lowest BCUT2D eigenvalue weighted by molar-refractivity contribution is -0.163. The average Bonchev–Trinajstić information content (AvgIpc) is 2.58. The van der Waals surface area contributed by atoms with Crippen LogP contribution in [0.2, 0.25) is 0 Å². The van der Waals surface area contributed by atoms with E-state index in [2.05, 4.69) is 4.74 Å². The topological polar surface area (TPSA) is 46.5 Å². The molecule has 1 atom stereocenters. The van der Waals surface area contributed by atoms with Gasteiger partial charge in [-0.2, -0.15) is 0 Å². The molecule has 0 unspecified atom stereocenters. The molecule has 0 spiro atoms. The Morgan fingerprint density at radius 2 is 2.21 bits per heavy atom. The number of rotatable bonds is 1. The second-order valence-electron chi connectivity index (χ2n) is 3.51. The average molecular weight is 192 g/mol. The number of fused-ring (bicyclic) bond motifs is 1. The van der Waals surface area contributed by atoms with Gasteiger partial charge in [-0.05, 0) is 24.0 Å². The number of hydrogen-bond donors (Lipinski definition) is 1. The van der Waals surface area contributed by atoms with E-state index in [4.69, 9.17) is 0 Å². The fourth-order valence-electron chi connectivity index (χ4n) is 1.97. The maximum Gasteiger partial charge on any atom is 0.342 e. The van der Waals surface area contributed by atoms with Crippen molar-refractivity contribution in [3.05, 3.63) is 35.4 Å². The number of aryl methyl sites for hydroxylation is 1. The van der Waals surface area contributed by atoms with Crippen molar-refractivity contribution in [1.29, 1.82) is 0 Å². The van der Waals surface area contributed by atoms with Gasteiger partial charge in [0, 0.05) is 0 Å². The number of benzene rings is 1. The van der Waals surface area contributed by atoms with Gasteiger partial charge in [0.2, 0.25) is 0 Å². The number of hydrogen-bond acceptors (Lipinski definition) is 3. The molecular weight excluding hydrogens is 180 g/mol. The molecule has 14 heavy (non-hydrogen) atoms. The van der Waals surface area contributed by atoms with E-state index in [1.165, 1.54) is 7.11 Å². The number of aliphatic hydroxyl groups is 1. The first-order valence-corrected chi connectivity index (χ1v) is 4.57. The molecule has 1 aliphatic rings.